The van der Waals surface area contributed by atoms with E-state index in [0.29, 0.717) is 39.6 Å². The van der Waals surface area contributed by atoms with Gasteiger partial charge in [0.2, 0.25) is 0 Å². The lowest BCUT2D eigenvalue weighted by molar-refractivity contribution is -0.115. The van der Waals surface area contributed by atoms with Gasteiger partial charge in [0.15, 0.2) is 12.0 Å². The number of amides is 1. The highest BCUT2D eigenvalue weighted by Gasteiger charge is 2.26. The molecule has 0 atom stereocenters. The molecule has 7 heteroatoms. The number of halogens is 1. The van der Waals surface area contributed by atoms with E-state index in [9.17, 15) is 9.18 Å². The van der Waals surface area contributed by atoms with Gasteiger partial charge in [0.1, 0.15) is 11.6 Å². The number of thioether (sulfide) groups is 1. The Morgan fingerprint density at radius 3 is 2.96 bits per heavy atom. The summed E-state index contributed by atoms with van der Waals surface area (Å²) in [4.78, 5) is 17.4. The van der Waals surface area contributed by atoms with Gasteiger partial charge in [-0.3, -0.25) is 9.79 Å². The van der Waals surface area contributed by atoms with E-state index in [1.807, 2.05) is 0 Å². The zero-order valence-electron chi connectivity index (χ0n) is 13.7. The summed E-state index contributed by atoms with van der Waals surface area (Å²) in [6, 6.07) is 3.06. The van der Waals surface area contributed by atoms with Gasteiger partial charge in [-0.25, -0.2) is 4.39 Å². The summed E-state index contributed by atoms with van der Waals surface area (Å²) < 4.78 is 24.5. The molecule has 0 unspecified atom stereocenters. The van der Waals surface area contributed by atoms with Gasteiger partial charge in [-0.15, -0.1) is 0 Å². The van der Waals surface area contributed by atoms with E-state index in [1.54, 1.807) is 6.08 Å². The van der Waals surface area contributed by atoms with Crippen molar-refractivity contribution in [2.24, 2.45) is 4.99 Å². The second-order valence-corrected chi connectivity index (χ2v) is 7.42. The molecule has 1 aromatic carbocycles. The third kappa shape index (κ3) is 3.72. The molecule has 2 aliphatic heterocycles. The summed E-state index contributed by atoms with van der Waals surface area (Å²) >= 11 is 1.30. The van der Waals surface area contributed by atoms with Gasteiger partial charge in [-0.1, -0.05) is 19.3 Å². The third-order valence-corrected chi connectivity index (χ3v) is 5.44. The van der Waals surface area contributed by atoms with Crippen LogP contribution in [-0.2, 0) is 16.1 Å². The molecule has 5 nitrogen and oxygen atoms in total. The maximum Gasteiger partial charge on any atom is 0.264 e. The van der Waals surface area contributed by atoms with E-state index in [0.717, 1.165) is 12.8 Å². The molecule has 0 aromatic heterocycles. The molecule has 1 saturated heterocycles. The smallest absolute Gasteiger partial charge is 0.264 e. The summed E-state index contributed by atoms with van der Waals surface area (Å²) in [6.45, 7) is 0.430. The molecular weight excluding hydrogens is 343 g/mol. The Bertz CT molecular complexity index is 757. The molecule has 1 N–H and O–H groups in total. The van der Waals surface area contributed by atoms with Crippen LogP contribution in [0.25, 0.3) is 6.08 Å². The number of nitrogens with zero attached hydrogens (tertiary/aromatic N) is 1. The molecule has 1 aliphatic carbocycles. The van der Waals surface area contributed by atoms with Gasteiger partial charge in [0.25, 0.3) is 5.91 Å². The van der Waals surface area contributed by atoms with Crippen LogP contribution in [0.15, 0.2) is 22.0 Å². The van der Waals surface area contributed by atoms with Gasteiger partial charge in [0.05, 0.1) is 17.6 Å². The number of hydrogen-bond donors (Lipinski definition) is 1. The highest BCUT2D eigenvalue weighted by molar-refractivity contribution is 8.18. The molecule has 3 aliphatic rings. The molecule has 1 amide bonds. The zero-order valence-corrected chi connectivity index (χ0v) is 14.5. The number of benzene rings is 1. The Kier molecular flexibility index (Phi) is 4.76. The summed E-state index contributed by atoms with van der Waals surface area (Å²) in [5.41, 5.74) is 1.20. The largest absolute Gasteiger partial charge is 0.467 e. The average Bonchev–Trinajstić information content (AvgIpc) is 2.95. The molecule has 0 radical (unpaired) electrons. The number of rotatable bonds is 2. The molecular formula is C18H19FN2O3S. The summed E-state index contributed by atoms with van der Waals surface area (Å²) in [5, 5.41) is 3.45. The Balaban J connectivity index is 1.58. The lowest BCUT2D eigenvalue weighted by Crippen LogP contribution is -2.22. The first-order valence-corrected chi connectivity index (χ1v) is 9.32. The second kappa shape index (κ2) is 7.17. The number of aliphatic imine (C=N–C) groups is 1. The van der Waals surface area contributed by atoms with Crippen molar-refractivity contribution in [1.29, 1.82) is 0 Å². The first-order chi connectivity index (χ1) is 12.2. The maximum absolute atomic E-state index is 13.8. The summed E-state index contributed by atoms with van der Waals surface area (Å²) in [7, 11) is 0. The number of nitrogens with one attached hydrogen (secondary N) is 1. The lowest BCUT2D eigenvalue weighted by Gasteiger charge is -2.19. The number of fused-ring (bicyclic) bond motifs is 1. The van der Waals surface area contributed by atoms with Crippen molar-refractivity contribution in [3.63, 3.8) is 0 Å². The molecule has 4 rings (SSSR count). The van der Waals surface area contributed by atoms with Crippen molar-refractivity contribution in [3.05, 3.63) is 34.0 Å². The van der Waals surface area contributed by atoms with Gasteiger partial charge < -0.3 is 14.8 Å². The molecule has 132 valence electrons. The van der Waals surface area contributed by atoms with Crippen LogP contribution in [-0.4, -0.2) is 23.9 Å². The minimum atomic E-state index is -0.376. The molecule has 0 spiro atoms. The predicted molar refractivity (Wildman–Crippen MR) is 94.7 cm³/mol. The van der Waals surface area contributed by atoms with Crippen LogP contribution in [0.4, 0.5) is 4.39 Å². The number of carbonyl (C=O) groups excluding carboxylic acids is 1. The molecule has 2 heterocycles. The molecule has 2 fully saturated rings. The SMILES string of the molecule is O=C1NC(=NC2CCCCC2)S/C1=C\c1cc(F)cc2c1OCOC2. The number of hydrogen-bond acceptors (Lipinski definition) is 5. The van der Waals surface area contributed by atoms with Gasteiger partial charge in [-0.2, -0.15) is 0 Å². The van der Waals surface area contributed by atoms with E-state index in [2.05, 4.69) is 10.3 Å². The van der Waals surface area contributed by atoms with Gasteiger partial charge in [-0.05, 0) is 42.8 Å². The van der Waals surface area contributed by atoms with E-state index < -0.39 is 0 Å². The van der Waals surface area contributed by atoms with Crippen molar-refractivity contribution >= 4 is 28.9 Å². The van der Waals surface area contributed by atoms with Crippen molar-refractivity contribution in [1.82, 2.24) is 5.32 Å². The fourth-order valence-electron chi connectivity index (χ4n) is 3.32. The molecule has 1 saturated carbocycles. The van der Waals surface area contributed by atoms with Crippen LogP contribution in [0.3, 0.4) is 0 Å². The molecule has 1 aromatic rings. The van der Waals surface area contributed by atoms with Crippen molar-refractivity contribution in [2.45, 2.75) is 44.8 Å². The quantitative estimate of drug-likeness (QED) is 0.817. The van der Waals surface area contributed by atoms with Gasteiger partial charge >= 0.3 is 0 Å². The van der Waals surface area contributed by atoms with Crippen LogP contribution in [0, 0.1) is 5.82 Å². The molecule has 0 bridgehead atoms. The zero-order chi connectivity index (χ0) is 17.2. The van der Waals surface area contributed by atoms with Gasteiger partial charge in [0, 0.05) is 11.1 Å². The minimum Gasteiger partial charge on any atom is -0.467 e. The Labute approximate surface area is 149 Å². The van der Waals surface area contributed by atoms with Crippen molar-refractivity contribution < 1.29 is 18.7 Å². The number of amidine groups is 1. The Morgan fingerprint density at radius 1 is 1.28 bits per heavy atom. The van der Waals surface area contributed by atoms with E-state index in [4.69, 9.17) is 9.47 Å². The van der Waals surface area contributed by atoms with Crippen LogP contribution >= 0.6 is 11.8 Å². The first kappa shape index (κ1) is 16.6. The average molecular weight is 362 g/mol. The summed E-state index contributed by atoms with van der Waals surface area (Å²) in [6.07, 6.45) is 7.46. The highest BCUT2D eigenvalue weighted by atomic mass is 32.2. The normalized spacial score (nSPS) is 24.3. The second-order valence-electron chi connectivity index (χ2n) is 6.38. The van der Waals surface area contributed by atoms with Crippen LogP contribution in [0.5, 0.6) is 5.75 Å². The monoisotopic (exact) mass is 362 g/mol. The third-order valence-electron chi connectivity index (χ3n) is 4.52. The standard InChI is InChI=1S/C18H19FN2O3S/c19-13-6-11(16-12(7-13)9-23-10-24-16)8-15-17(22)21-18(25-15)20-14-4-2-1-3-5-14/h6-8,14H,1-5,9-10H2,(H,20,21,22)/b15-8-. The van der Waals surface area contributed by atoms with E-state index >= 15 is 0 Å². The van der Waals surface area contributed by atoms with Crippen LogP contribution < -0.4 is 10.1 Å². The van der Waals surface area contributed by atoms with E-state index in [-0.39, 0.29) is 18.5 Å². The Morgan fingerprint density at radius 2 is 2.12 bits per heavy atom. The minimum absolute atomic E-state index is 0.128. The number of ether oxygens (including phenoxy) is 2. The fraction of sp³-hybridized carbons (Fsp3) is 0.444. The Hall–Kier alpha value is -1.86. The number of carbonyl (C=O) groups is 1. The van der Waals surface area contributed by atoms with E-state index in [1.165, 1.54) is 43.2 Å². The first-order valence-electron chi connectivity index (χ1n) is 8.51. The van der Waals surface area contributed by atoms with Crippen molar-refractivity contribution in [3.8, 4) is 5.75 Å². The maximum atomic E-state index is 13.8. The fourth-order valence-corrected chi connectivity index (χ4v) is 4.20. The topological polar surface area (TPSA) is 59.9 Å². The van der Waals surface area contributed by atoms with Crippen LogP contribution in [0.2, 0.25) is 0 Å². The molecule has 25 heavy (non-hydrogen) atoms. The van der Waals surface area contributed by atoms with Crippen molar-refractivity contribution in [2.75, 3.05) is 6.79 Å². The highest BCUT2D eigenvalue weighted by Crippen LogP contribution is 2.34. The lowest BCUT2D eigenvalue weighted by atomic mass is 9.96. The summed E-state index contributed by atoms with van der Waals surface area (Å²) in [5.74, 6) is -0.00458. The predicted octanol–water partition coefficient (Wildman–Crippen LogP) is 3.58. The van der Waals surface area contributed by atoms with Crippen LogP contribution in [0.1, 0.15) is 43.2 Å².